The van der Waals surface area contributed by atoms with Crippen molar-refractivity contribution in [3.63, 3.8) is 0 Å². The van der Waals surface area contributed by atoms with Crippen molar-refractivity contribution in [2.75, 3.05) is 20.3 Å². The molecule has 1 aromatic carbocycles. The molecule has 1 atom stereocenters. The molecule has 0 aromatic heterocycles. The molecule has 1 heterocycles. The second kappa shape index (κ2) is 7.66. The van der Waals surface area contributed by atoms with Crippen LogP contribution in [0.25, 0.3) is 0 Å². The summed E-state index contributed by atoms with van der Waals surface area (Å²) >= 11 is 5.40. The molecule has 1 saturated heterocycles. The Kier molecular flexibility index (Phi) is 5.20. The molecule has 2 saturated carbocycles. The Balaban J connectivity index is 1.55. The van der Waals surface area contributed by atoms with E-state index in [1.807, 2.05) is 18.2 Å². The van der Waals surface area contributed by atoms with E-state index in [2.05, 4.69) is 5.32 Å². The lowest BCUT2D eigenvalue weighted by Gasteiger charge is -2.46. The predicted molar refractivity (Wildman–Crippen MR) is 115 cm³/mol. The van der Waals surface area contributed by atoms with Crippen LogP contribution < -0.4 is 10.1 Å². The quantitative estimate of drug-likeness (QED) is 0.669. The van der Waals surface area contributed by atoms with Crippen molar-refractivity contribution in [1.82, 2.24) is 10.2 Å². The molecular formula is C23H28F2N2O3S. The number of benzene rings is 1. The number of rotatable bonds is 6. The van der Waals surface area contributed by atoms with Crippen LogP contribution in [0, 0.1) is 11.3 Å². The standard InChI is InChI=1S/C23H28F2N2O3S/c1-29-16-6-8-22(9-7-16)11-15-4-5-17(30-13-14-2-3-14)10-18(15)23(22)20(28)27(12-19(24)25)21(31)26-23/h4-5,10,14,16,19H,2-3,6-9,11-13H2,1H3,(H,26,31). The van der Waals surface area contributed by atoms with Gasteiger partial charge >= 0.3 is 0 Å². The Morgan fingerprint density at radius 3 is 2.65 bits per heavy atom. The Bertz CT molecular complexity index is 899. The van der Waals surface area contributed by atoms with Crippen molar-refractivity contribution in [1.29, 1.82) is 0 Å². The number of thiocarbonyl (C=S) groups is 1. The molecule has 1 amide bonds. The van der Waals surface area contributed by atoms with E-state index in [-0.39, 0.29) is 17.1 Å². The van der Waals surface area contributed by atoms with Crippen LogP contribution in [0.1, 0.15) is 49.7 Å². The summed E-state index contributed by atoms with van der Waals surface area (Å²) in [6.45, 7) is -0.0138. The topological polar surface area (TPSA) is 50.8 Å². The Morgan fingerprint density at radius 2 is 2.00 bits per heavy atom. The first-order valence-corrected chi connectivity index (χ1v) is 11.5. The van der Waals surface area contributed by atoms with Crippen LogP contribution in [-0.4, -0.2) is 48.7 Å². The molecule has 1 aromatic rings. The minimum Gasteiger partial charge on any atom is -0.493 e. The average Bonchev–Trinajstić information content (AvgIpc) is 3.51. The molecule has 31 heavy (non-hydrogen) atoms. The molecule has 168 valence electrons. The van der Waals surface area contributed by atoms with Crippen LogP contribution in [0.5, 0.6) is 5.75 Å². The van der Waals surface area contributed by atoms with Crippen molar-refractivity contribution in [3.05, 3.63) is 29.3 Å². The highest BCUT2D eigenvalue weighted by atomic mass is 32.1. The van der Waals surface area contributed by atoms with E-state index in [0.29, 0.717) is 18.9 Å². The number of nitrogens with one attached hydrogen (secondary N) is 1. The molecule has 0 bridgehead atoms. The van der Waals surface area contributed by atoms with Crippen LogP contribution in [0.15, 0.2) is 18.2 Å². The van der Waals surface area contributed by atoms with E-state index in [1.165, 1.54) is 12.8 Å². The number of amides is 1. The highest BCUT2D eigenvalue weighted by molar-refractivity contribution is 7.80. The fraction of sp³-hybridized carbons (Fsp3) is 0.652. The molecule has 1 unspecified atom stereocenters. The Morgan fingerprint density at radius 1 is 1.26 bits per heavy atom. The summed E-state index contributed by atoms with van der Waals surface area (Å²) in [6, 6.07) is 5.93. The van der Waals surface area contributed by atoms with Gasteiger partial charge in [-0.1, -0.05) is 6.07 Å². The summed E-state index contributed by atoms with van der Waals surface area (Å²) in [6.07, 6.45) is 3.79. The Hall–Kier alpha value is -1.80. The minimum absolute atomic E-state index is 0.0932. The third-order valence-corrected chi connectivity index (χ3v) is 7.96. The number of ether oxygens (including phenoxy) is 2. The predicted octanol–water partition coefficient (Wildman–Crippen LogP) is 3.78. The summed E-state index contributed by atoms with van der Waals surface area (Å²) in [5, 5.41) is 3.36. The van der Waals surface area contributed by atoms with Crippen LogP contribution >= 0.6 is 12.2 Å². The first-order chi connectivity index (χ1) is 14.9. The number of alkyl halides is 2. The number of carbonyl (C=O) groups excluding carboxylic acids is 1. The summed E-state index contributed by atoms with van der Waals surface area (Å²) in [7, 11) is 1.71. The van der Waals surface area contributed by atoms with Crippen LogP contribution in [-0.2, 0) is 21.5 Å². The normalized spacial score (nSPS) is 32.3. The lowest BCUT2D eigenvalue weighted by atomic mass is 9.61. The van der Waals surface area contributed by atoms with Gasteiger partial charge in [-0.15, -0.1) is 0 Å². The van der Waals surface area contributed by atoms with Gasteiger partial charge in [0.15, 0.2) is 10.7 Å². The smallest absolute Gasteiger partial charge is 0.259 e. The van der Waals surface area contributed by atoms with Gasteiger partial charge in [0.1, 0.15) is 5.75 Å². The molecule has 1 N–H and O–H groups in total. The van der Waals surface area contributed by atoms with E-state index in [1.54, 1.807) is 7.11 Å². The zero-order valence-electron chi connectivity index (χ0n) is 17.7. The third kappa shape index (κ3) is 3.33. The summed E-state index contributed by atoms with van der Waals surface area (Å²) < 4.78 is 38.1. The maximum Gasteiger partial charge on any atom is 0.259 e. The molecule has 5 rings (SSSR count). The summed E-state index contributed by atoms with van der Waals surface area (Å²) in [4.78, 5) is 14.9. The fourth-order valence-corrected chi connectivity index (χ4v) is 6.09. The molecule has 3 fully saturated rings. The van der Waals surface area contributed by atoms with E-state index >= 15 is 0 Å². The van der Waals surface area contributed by atoms with Crippen molar-refractivity contribution in [2.24, 2.45) is 11.3 Å². The fourth-order valence-electron chi connectivity index (χ4n) is 5.78. The van der Waals surface area contributed by atoms with Gasteiger partial charge in [-0.25, -0.2) is 8.78 Å². The van der Waals surface area contributed by atoms with E-state index in [4.69, 9.17) is 21.7 Å². The number of fused-ring (bicyclic) bond motifs is 3. The van der Waals surface area contributed by atoms with Gasteiger partial charge in [0.25, 0.3) is 12.3 Å². The molecule has 5 nitrogen and oxygen atoms in total. The van der Waals surface area contributed by atoms with E-state index < -0.39 is 23.9 Å². The van der Waals surface area contributed by atoms with E-state index in [9.17, 15) is 13.6 Å². The molecule has 8 heteroatoms. The molecular weight excluding hydrogens is 422 g/mol. The second-order valence-electron chi connectivity index (χ2n) is 9.45. The van der Waals surface area contributed by atoms with Gasteiger partial charge in [0.05, 0.1) is 19.3 Å². The van der Waals surface area contributed by atoms with Gasteiger partial charge in [-0.05, 0) is 86.3 Å². The first-order valence-electron chi connectivity index (χ1n) is 11.1. The van der Waals surface area contributed by atoms with Crippen molar-refractivity contribution >= 4 is 23.2 Å². The van der Waals surface area contributed by atoms with Gasteiger partial charge in [-0.2, -0.15) is 0 Å². The summed E-state index contributed by atoms with van der Waals surface area (Å²) in [5.41, 5.74) is 0.363. The number of halogens is 2. The molecule has 0 radical (unpaired) electrons. The highest BCUT2D eigenvalue weighted by Gasteiger charge is 2.67. The maximum absolute atomic E-state index is 13.8. The molecule has 3 aliphatic carbocycles. The monoisotopic (exact) mass is 450 g/mol. The van der Waals surface area contributed by atoms with Gasteiger partial charge in [0, 0.05) is 12.5 Å². The third-order valence-electron chi connectivity index (χ3n) is 7.64. The lowest BCUT2D eigenvalue weighted by molar-refractivity contribution is -0.139. The summed E-state index contributed by atoms with van der Waals surface area (Å²) in [5.74, 6) is 0.977. The van der Waals surface area contributed by atoms with Crippen molar-refractivity contribution < 1.29 is 23.0 Å². The molecule has 1 aliphatic heterocycles. The largest absolute Gasteiger partial charge is 0.493 e. The molecule has 2 spiro atoms. The number of methoxy groups -OCH3 is 1. The van der Waals surface area contributed by atoms with Crippen molar-refractivity contribution in [3.8, 4) is 5.75 Å². The SMILES string of the molecule is COC1CCC2(CC1)Cc1ccc(OCC3CC3)cc1C21NC(=S)N(CC(F)F)C1=O. The minimum atomic E-state index is -2.65. The second-order valence-corrected chi connectivity index (χ2v) is 9.84. The maximum atomic E-state index is 13.8. The van der Waals surface area contributed by atoms with Gasteiger partial charge < -0.3 is 14.8 Å². The van der Waals surface area contributed by atoms with Gasteiger partial charge in [0.2, 0.25) is 0 Å². The highest BCUT2D eigenvalue weighted by Crippen LogP contribution is 2.60. The zero-order chi connectivity index (χ0) is 21.8. The number of nitrogens with zero attached hydrogens (tertiary/aromatic N) is 1. The Labute approximate surface area is 186 Å². The van der Waals surface area contributed by atoms with Crippen molar-refractivity contribution in [2.45, 2.75) is 63.0 Å². The van der Waals surface area contributed by atoms with Crippen LogP contribution in [0.4, 0.5) is 8.78 Å². The van der Waals surface area contributed by atoms with Crippen LogP contribution in [0.3, 0.4) is 0 Å². The number of hydrogen-bond donors (Lipinski definition) is 1. The zero-order valence-corrected chi connectivity index (χ0v) is 18.5. The average molecular weight is 451 g/mol. The van der Waals surface area contributed by atoms with Gasteiger partial charge in [-0.3, -0.25) is 9.69 Å². The van der Waals surface area contributed by atoms with Crippen LogP contribution in [0.2, 0.25) is 0 Å². The van der Waals surface area contributed by atoms with E-state index in [0.717, 1.165) is 47.5 Å². The molecule has 4 aliphatic rings. The first kappa shape index (κ1) is 21.1. The lowest BCUT2D eigenvalue weighted by Crippen LogP contribution is -2.56. The number of hydrogen-bond acceptors (Lipinski definition) is 4. The number of carbonyl (C=O) groups is 1.